The van der Waals surface area contributed by atoms with Crippen molar-refractivity contribution >= 4 is 29.6 Å². The molecule has 0 spiro atoms. The van der Waals surface area contributed by atoms with Gasteiger partial charge in [-0.2, -0.15) is 11.8 Å². The summed E-state index contributed by atoms with van der Waals surface area (Å²) in [5.41, 5.74) is 1.25. The number of amides is 1. The van der Waals surface area contributed by atoms with Crippen molar-refractivity contribution in [1.29, 1.82) is 0 Å². The summed E-state index contributed by atoms with van der Waals surface area (Å²) in [6.45, 7) is 1.95. The van der Waals surface area contributed by atoms with Gasteiger partial charge in [-0.15, -0.1) is 0 Å². The number of rotatable bonds is 2. The van der Waals surface area contributed by atoms with Crippen LogP contribution in [-0.2, 0) is 24.8 Å². The topological polar surface area (TPSA) is 111 Å². The van der Waals surface area contributed by atoms with Crippen LogP contribution in [-0.4, -0.2) is 55.6 Å². The van der Waals surface area contributed by atoms with Gasteiger partial charge in [0.15, 0.2) is 0 Å². The Labute approximate surface area is 174 Å². The lowest BCUT2D eigenvalue weighted by atomic mass is 10.0. The molecule has 0 saturated carbocycles. The molecule has 2 rings (SSSR count). The summed E-state index contributed by atoms with van der Waals surface area (Å²) in [6.07, 6.45) is 2.21. The van der Waals surface area contributed by atoms with Crippen molar-refractivity contribution in [2.75, 3.05) is 26.6 Å². The number of phenolic OH excluding ortho intramolecular Hbond substituents is 1. The minimum absolute atomic E-state index is 0.0881. The Morgan fingerprint density at radius 2 is 2.03 bits per heavy atom. The fourth-order valence-corrected chi connectivity index (χ4v) is 4.16. The molecule has 0 unspecified atom stereocenters. The van der Waals surface area contributed by atoms with Crippen molar-refractivity contribution in [1.82, 2.24) is 5.32 Å². The highest BCUT2D eigenvalue weighted by molar-refractivity contribution is 7.98. The van der Waals surface area contributed by atoms with E-state index in [4.69, 9.17) is 14.2 Å². The fraction of sp³-hybridized carbons (Fsp3) is 0.550. The number of thioether (sulfide) groups is 1. The van der Waals surface area contributed by atoms with Gasteiger partial charge in [-0.25, -0.2) is 9.59 Å². The van der Waals surface area contributed by atoms with Crippen molar-refractivity contribution < 1.29 is 33.7 Å². The number of hydrogen-bond acceptors (Lipinski definition) is 8. The summed E-state index contributed by atoms with van der Waals surface area (Å²) in [5.74, 6) is -0.514. The third-order valence-corrected chi connectivity index (χ3v) is 5.74. The van der Waals surface area contributed by atoms with E-state index in [1.54, 1.807) is 6.92 Å². The van der Waals surface area contributed by atoms with Crippen LogP contribution in [0.2, 0.25) is 0 Å². The van der Waals surface area contributed by atoms with Crippen LogP contribution in [0, 0.1) is 6.92 Å². The summed E-state index contributed by atoms with van der Waals surface area (Å²) in [6, 6.07) is 0.648. The van der Waals surface area contributed by atoms with Crippen LogP contribution in [0.3, 0.4) is 0 Å². The number of hydrogen-bond donors (Lipinski definition) is 2. The third-order valence-electron chi connectivity index (χ3n) is 4.68. The number of phenols is 1. The van der Waals surface area contributed by atoms with Crippen molar-refractivity contribution in [2.45, 2.75) is 44.4 Å². The minimum Gasteiger partial charge on any atom is -0.507 e. The van der Waals surface area contributed by atoms with Crippen LogP contribution in [0.4, 0.5) is 0 Å². The monoisotopic (exact) mass is 425 g/mol. The predicted molar refractivity (Wildman–Crippen MR) is 108 cm³/mol. The van der Waals surface area contributed by atoms with Gasteiger partial charge in [0, 0.05) is 35.1 Å². The highest BCUT2D eigenvalue weighted by Gasteiger charge is 2.25. The molecule has 1 aromatic carbocycles. The Morgan fingerprint density at radius 1 is 1.28 bits per heavy atom. The van der Waals surface area contributed by atoms with Gasteiger partial charge in [0.05, 0.1) is 26.4 Å². The molecule has 0 fully saturated rings. The summed E-state index contributed by atoms with van der Waals surface area (Å²) in [7, 11) is 2.73. The van der Waals surface area contributed by atoms with E-state index in [9.17, 15) is 19.5 Å². The van der Waals surface area contributed by atoms with Gasteiger partial charge in [-0.3, -0.25) is 4.79 Å². The van der Waals surface area contributed by atoms with E-state index in [-0.39, 0.29) is 41.8 Å². The summed E-state index contributed by atoms with van der Waals surface area (Å²) in [5, 5.41) is 13.2. The maximum Gasteiger partial charge on any atom is 0.338 e. The number of ether oxygens (including phenoxy) is 3. The number of fused-ring (bicyclic) bond motifs is 1. The lowest BCUT2D eigenvalue weighted by Crippen LogP contribution is -2.43. The minimum atomic E-state index is -0.806. The van der Waals surface area contributed by atoms with Crippen LogP contribution in [0.5, 0.6) is 11.5 Å². The van der Waals surface area contributed by atoms with Crippen LogP contribution in [0.25, 0.3) is 0 Å². The first kappa shape index (κ1) is 22.9. The van der Waals surface area contributed by atoms with E-state index < -0.39 is 18.0 Å². The van der Waals surface area contributed by atoms with Crippen LogP contribution in [0.1, 0.15) is 47.2 Å². The molecule has 0 aromatic heterocycles. The molecule has 1 heterocycles. The number of methoxy groups -OCH3 is 2. The van der Waals surface area contributed by atoms with E-state index in [1.165, 1.54) is 32.0 Å². The summed E-state index contributed by atoms with van der Waals surface area (Å²) in [4.78, 5) is 36.8. The molecule has 0 saturated heterocycles. The first-order valence-corrected chi connectivity index (χ1v) is 10.6. The molecule has 0 radical (unpaired) electrons. The highest BCUT2D eigenvalue weighted by atomic mass is 32.2. The summed E-state index contributed by atoms with van der Waals surface area (Å²) < 4.78 is 15.4. The number of carbonyl (C=O) groups is 3. The van der Waals surface area contributed by atoms with Crippen molar-refractivity contribution in [2.24, 2.45) is 0 Å². The Balaban J connectivity index is 2.34. The largest absolute Gasteiger partial charge is 0.507 e. The fourth-order valence-electron chi connectivity index (χ4n) is 3.09. The Hall–Kier alpha value is -2.42. The molecule has 160 valence electrons. The van der Waals surface area contributed by atoms with Crippen molar-refractivity contribution in [3.63, 3.8) is 0 Å². The van der Waals surface area contributed by atoms with E-state index in [0.29, 0.717) is 36.1 Å². The normalized spacial score (nSPS) is 19.1. The smallest absolute Gasteiger partial charge is 0.338 e. The molecule has 2 N–H and O–H groups in total. The maximum absolute atomic E-state index is 12.7. The third kappa shape index (κ3) is 6.03. The van der Waals surface area contributed by atoms with Gasteiger partial charge < -0.3 is 24.6 Å². The van der Waals surface area contributed by atoms with Crippen molar-refractivity contribution in [3.05, 3.63) is 22.8 Å². The van der Waals surface area contributed by atoms with Gasteiger partial charge in [0.25, 0.3) is 0 Å². The SMILES string of the molecule is COC(=O)[C@@H]1CSCc2c(O)cc(OC)c(C)c2C(=O)OCCCCCC(=O)N1. The number of aromatic hydroxyl groups is 1. The second-order valence-corrected chi connectivity index (χ2v) is 7.71. The first-order chi connectivity index (χ1) is 13.9. The molecule has 29 heavy (non-hydrogen) atoms. The van der Waals surface area contributed by atoms with Crippen LogP contribution >= 0.6 is 11.8 Å². The van der Waals surface area contributed by atoms with Gasteiger partial charge in [-0.05, 0) is 26.2 Å². The number of benzene rings is 1. The maximum atomic E-state index is 12.7. The molecule has 1 aliphatic heterocycles. The zero-order valence-corrected chi connectivity index (χ0v) is 17.7. The standard InChI is InChI=1S/C20H27NO7S/c1-12-16(26-2)9-15(22)13-10-29-11-14(19(24)27-3)21-17(23)7-5-4-6-8-28-20(25)18(12)13/h9,14,22H,4-8,10-11H2,1-3H3,(H,21,23)/t14-/m0/s1. The lowest BCUT2D eigenvalue weighted by molar-refractivity contribution is -0.144. The Bertz CT molecular complexity index is 766. The predicted octanol–water partition coefficient (Wildman–Crippen LogP) is 2.33. The molecule has 8 nitrogen and oxygen atoms in total. The van der Waals surface area contributed by atoms with Crippen molar-refractivity contribution in [3.8, 4) is 11.5 Å². The van der Waals surface area contributed by atoms with Gasteiger partial charge in [-0.1, -0.05) is 0 Å². The molecular formula is C20H27NO7S. The van der Waals surface area contributed by atoms with E-state index in [1.807, 2.05) is 0 Å². The molecule has 1 atom stereocenters. The number of carbonyl (C=O) groups excluding carboxylic acids is 3. The number of esters is 2. The molecule has 1 amide bonds. The number of nitrogens with one attached hydrogen (secondary N) is 1. The molecule has 9 heteroatoms. The van der Waals surface area contributed by atoms with Gasteiger partial charge in [0.2, 0.25) is 5.91 Å². The first-order valence-electron chi connectivity index (χ1n) is 9.40. The molecular weight excluding hydrogens is 398 g/mol. The zero-order valence-electron chi connectivity index (χ0n) is 16.9. The Kier molecular flexibility index (Phi) is 8.63. The summed E-state index contributed by atoms with van der Waals surface area (Å²) >= 11 is 1.30. The second-order valence-electron chi connectivity index (χ2n) is 6.68. The molecule has 0 bridgehead atoms. The van der Waals surface area contributed by atoms with Gasteiger partial charge >= 0.3 is 11.9 Å². The molecule has 1 aromatic rings. The molecule has 0 aliphatic carbocycles. The quantitative estimate of drug-likeness (QED) is 0.695. The number of cyclic esters (lactones) is 1. The lowest BCUT2D eigenvalue weighted by Gasteiger charge is -2.18. The van der Waals surface area contributed by atoms with Gasteiger partial charge in [0.1, 0.15) is 17.5 Å². The van der Waals surface area contributed by atoms with E-state index in [2.05, 4.69) is 5.32 Å². The average Bonchev–Trinajstić information content (AvgIpc) is 2.70. The average molecular weight is 426 g/mol. The van der Waals surface area contributed by atoms with Crippen LogP contribution in [0.15, 0.2) is 6.07 Å². The Morgan fingerprint density at radius 3 is 2.72 bits per heavy atom. The van der Waals surface area contributed by atoms with E-state index in [0.717, 1.165) is 0 Å². The highest BCUT2D eigenvalue weighted by Crippen LogP contribution is 2.35. The second kappa shape index (κ2) is 10.9. The molecule has 1 aliphatic rings. The van der Waals surface area contributed by atoms with E-state index >= 15 is 0 Å². The zero-order chi connectivity index (χ0) is 21.4. The van der Waals surface area contributed by atoms with Crippen LogP contribution < -0.4 is 10.1 Å².